The van der Waals surface area contributed by atoms with Crippen molar-refractivity contribution in [3.05, 3.63) is 29.6 Å². The number of nitrogens with zero attached hydrogens (tertiary/aromatic N) is 3. The van der Waals surface area contributed by atoms with Crippen LogP contribution in [-0.4, -0.2) is 9.55 Å². The Hall–Kier alpha value is -1.82. The summed E-state index contributed by atoms with van der Waals surface area (Å²) >= 11 is 0. The van der Waals surface area contributed by atoms with Crippen LogP contribution in [0, 0.1) is 16.7 Å². The second kappa shape index (κ2) is 4.63. The fourth-order valence-electron chi connectivity index (χ4n) is 3.61. The number of para-hydroxylation sites is 1. The summed E-state index contributed by atoms with van der Waals surface area (Å²) in [7, 11) is 2.08. The number of aromatic nitrogens is 2. The maximum Gasteiger partial charge on any atom is 0.113 e. The summed E-state index contributed by atoms with van der Waals surface area (Å²) in [5.41, 5.74) is 2.90. The first-order chi connectivity index (χ1) is 9.54. The molecule has 0 N–H and O–H groups in total. The summed E-state index contributed by atoms with van der Waals surface area (Å²) in [4.78, 5) is 4.84. The van der Waals surface area contributed by atoms with E-state index in [1.165, 1.54) is 25.7 Å². The van der Waals surface area contributed by atoms with E-state index < -0.39 is 0 Å². The quantitative estimate of drug-likeness (QED) is 0.779. The number of imidazole rings is 1. The monoisotopic (exact) mass is 267 g/mol. The number of hydrogen-bond acceptors (Lipinski definition) is 2. The molecule has 1 atom stereocenters. The molecule has 1 aromatic carbocycles. The van der Waals surface area contributed by atoms with Gasteiger partial charge in [-0.2, -0.15) is 5.26 Å². The molecule has 1 fully saturated rings. The zero-order valence-electron chi connectivity index (χ0n) is 12.5. The minimum Gasteiger partial charge on any atom is -0.331 e. The van der Waals surface area contributed by atoms with Crippen LogP contribution in [0.25, 0.3) is 11.0 Å². The molecule has 0 spiro atoms. The van der Waals surface area contributed by atoms with Crippen LogP contribution in [0.1, 0.15) is 56.8 Å². The number of benzene rings is 1. The van der Waals surface area contributed by atoms with Crippen molar-refractivity contribution >= 4 is 11.0 Å². The van der Waals surface area contributed by atoms with E-state index in [1.807, 2.05) is 12.1 Å². The van der Waals surface area contributed by atoms with E-state index in [0.717, 1.165) is 16.9 Å². The summed E-state index contributed by atoms with van der Waals surface area (Å²) in [5, 5.41) is 9.25. The van der Waals surface area contributed by atoms with Crippen LogP contribution in [0.3, 0.4) is 0 Å². The lowest BCUT2D eigenvalue weighted by Crippen LogP contribution is -2.28. The van der Waals surface area contributed by atoms with Crippen molar-refractivity contribution in [2.24, 2.45) is 12.5 Å². The second-order valence-corrected chi connectivity index (χ2v) is 6.60. The van der Waals surface area contributed by atoms with Crippen LogP contribution in [-0.2, 0) is 7.05 Å². The lowest BCUT2D eigenvalue weighted by molar-refractivity contribution is 0.190. The zero-order valence-corrected chi connectivity index (χ0v) is 12.5. The fraction of sp³-hybridized carbons (Fsp3) is 0.529. The molecule has 3 heteroatoms. The third-order valence-corrected chi connectivity index (χ3v) is 4.89. The summed E-state index contributed by atoms with van der Waals surface area (Å²) in [6.45, 7) is 4.70. The largest absolute Gasteiger partial charge is 0.331 e. The minimum atomic E-state index is 0.292. The van der Waals surface area contributed by atoms with E-state index in [9.17, 15) is 5.26 Å². The highest BCUT2D eigenvalue weighted by molar-refractivity contribution is 5.82. The number of fused-ring (bicyclic) bond motifs is 1. The minimum absolute atomic E-state index is 0.292. The first-order valence-electron chi connectivity index (χ1n) is 7.40. The van der Waals surface area contributed by atoms with Crippen molar-refractivity contribution in [1.29, 1.82) is 5.26 Å². The van der Waals surface area contributed by atoms with Gasteiger partial charge in [0.1, 0.15) is 17.4 Å². The van der Waals surface area contributed by atoms with Gasteiger partial charge in [-0.25, -0.2) is 4.98 Å². The highest BCUT2D eigenvalue weighted by Gasteiger charge is 2.36. The third kappa shape index (κ3) is 1.91. The predicted octanol–water partition coefficient (Wildman–Crippen LogP) is 4.13. The summed E-state index contributed by atoms with van der Waals surface area (Å²) < 4.78 is 2.19. The maximum absolute atomic E-state index is 9.25. The van der Waals surface area contributed by atoms with Crippen molar-refractivity contribution < 1.29 is 0 Å². The lowest BCUT2D eigenvalue weighted by atomic mass is 9.68. The average Bonchev–Trinajstić information content (AvgIpc) is 2.76. The van der Waals surface area contributed by atoms with E-state index in [0.29, 0.717) is 16.9 Å². The Morgan fingerprint density at radius 1 is 1.35 bits per heavy atom. The number of hydrogen-bond donors (Lipinski definition) is 0. The molecule has 104 valence electrons. The molecule has 20 heavy (non-hydrogen) atoms. The van der Waals surface area contributed by atoms with Gasteiger partial charge in [0.15, 0.2) is 0 Å². The van der Waals surface area contributed by atoms with Crippen molar-refractivity contribution in [2.75, 3.05) is 0 Å². The highest BCUT2D eigenvalue weighted by atomic mass is 15.1. The Morgan fingerprint density at radius 3 is 2.85 bits per heavy atom. The Bertz CT molecular complexity index is 688. The van der Waals surface area contributed by atoms with E-state index in [4.69, 9.17) is 4.98 Å². The van der Waals surface area contributed by atoms with Gasteiger partial charge in [0.2, 0.25) is 0 Å². The second-order valence-electron chi connectivity index (χ2n) is 6.60. The van der Waals surface area contributed by atoms with Crippen molar-refractivity contribution in [2.45, 2.75) is 45.4 Å². The molecule has 1 saturated carbocycles. The predicted molar refractivity (Wildman–Crippen MR) is 80.4 cm³/mol. The van der Waals surface area contributed by atoms with Gasteiger partial charge in [0.25, 0.3) is 0 Å². The Balaban J connectivity index is 2.17. The van der Waals surface area contributed by atoms with Gasteiger partial charge in [-0.15, -0.1) is 0 Å². The molecule has 0 saturated heterocycles. The van der Waals surface area contributed by atoms with Crippen molar-refractivity contribution in [1.82, 2.24) is 9.55 Å². The SMILES string of the molecule is Cn1c(C2CCCCC2(C)C)nc2c(C#N)cccc21. The molecule has 0 amide bonds. The topological polar surface area (TPSA) is 41.6 Å². The summed E-state index contributed by atoms with van der Waals surface area (Å²) in [6.07, 6.45) is 5.05. The molecule has 1 aromatic heterocycles. The third-order valence-electron chi connectivity index (χ3n) is 4.89. The maximum atomic E-state index is 9.25. The highest BCUT2D eigenvalue weighted by Crippen LogP contribution is 2.46. The van der Waals surface area contributed by atoms with Gasteiger partial charge in [-0.1, -0.05) is 32.8 Å². The van der Waals surface area contributed by atoms with E-state index >= 15 is 0 Å². The van der Waals surface area contributed by atoms with Crippen LogP contribution in [0.2, 0.25) is 0 Å². The van der Waals surface area contributed by atoms with Crippen LogP contribution < -0.4 is 0 Å². The number of aryl methyl sites for hydroxylation is 1. The van der Waals surface area contributed by atoms with Gasteiger partial charge < -0.3 is 4.57 Å². The smallest absolute Gasteiger partial charge is 0.113 e. The normalized spacial score (nSPS) is 21.8. The zero-order chi connectivity index (χ0) is 14.3. The van der Waals surface area contributed by atoms with E-state index in [2.05, 4.69) is 37.6 Å². The number of rotatable bonds is 1. The Kier molecular flexibility index (Phi) is 3.05. The molecule has 3 nitrogen and oxygen atoms in total. The molecule has 1 heterocycles. The first kappa shape index (κ1) is 13.2. The molecular formula is C17H21N3. The van der Waals surface area contributed by atoms with Crippen molar-refractivity contribution in [3.63, 3.8) is 0 Å². The average molecular weight is 267 g/mol. The van der Waals surface area contributed by atoms with Crippen LogP contribution in [0.5, 0.6) is 0 Å². The Labute approximate surface area is 120 Å². The molecule has 1 aliphatic carbocycles. The standard InChI is InChI=1S/C17H21N3/c1-17(2)10-5-4-8-13(17)16-19-15-12(11-18)7-6-9-14(15)20(16)3/h6-7,9,13H,4-5,8,10H2,1-3H3. The van der Waals surface area contributed by atoms with Gasteiger partial charge in [0.05, 0.1) is 11.1 Å². The molecule has 0 aliphatic heterocycles. The van der Waals surface area contributed by atoms with Gasteiger partial charge in [-0.3, -0.25) is 0 Å². The molecule has 2 aromatic rings. The van der Waals surface area contributed by atoms with E-state index in [-0.39, 0.29) is 0 Å². The van der Waals surface area contributed by atoms with Gasteiger partial charge in [-0.05, 0) is 30.4 Å². The summed E-state index contributed by atoms with van der Waals surface area (Å²) in [6, 6.07) is 8.11. The fourth-order valence-corrected chi connectivity index (χ4v) is 3.61. The van der Waals surface area contributed by atoms with Gasteiger partial charge in [0, 0.05) is 13.0 Å². The molecule has 0 radical (unpaired) electrons. The van der Waals surface area contributed by atoms with E-state index in [1.54, 1.807) is 0 Å². The molecule has 1 aliphatic rings. The molecule has 1 unspecified atom stereocenters. The van der Waals surface area contributed by atoms with Crippen molar-refractivity contribution in [3.8, 4) is 6.07 Å². The molecule has 0 bridgehead atoms. The molecular weight excluding hydrogens is 246 g/mol. The first-order valence-corrected chi connectivity index (χ1v) is 7.40. The number of nitriles is 1. The lowest BCUT2D eigenvalue weighted by Gasteiger charge is -2.38. The Morgan fingerprint density at radius 2 is 2.15 bits per heavy atom. The molecule has 3 rings (SSSR count). The van der Waals surface area contributed by atoms with Crippen LogP contribution >= 0.6 is 0 Å². The van der Waals surface area contributed by atoms with Crippen LogP contribution in [0.15, 0.2) is 18.2 Å². The van der Waals surface area contributed by atoms with Gasteiger partial charge >= 0.3 is 0 Å². The summed E-state index contributed by atoms with van der Waals surface area (Å²) in [5.74, 6) is 1.63. The van der Waals surface area contributed by atoms with Crippen LogP contribution in [0.4, 0.5) is 0 Å².